The fraction of sp³-hybridized carbons (Fsp3) is 0.857. The molecule has 0 aromatic rings. The van der Waals surface area contributed by atoms with Crippen LogP contribution in [0, 0.1) is 11.8 Å². The number of hydrogen-bond acceptors (Lipinski definition) is 2. The third-order valence-corrected chi connectivity index (χ3v) is 2.11. The van der Waals surface area contributed by atoms with E-state index in [1.165, 1.54) is 0 Å². The highest BCUT2D eigenvalue weighted by Gasteiger charge is 2.46. The lowest BCUT2D eigenvalue weighted by atomic mass is 10.4. The molecule has 12 heavy (non-hydrogen) atoms. The maximum Gasteiger partial charge on any atom is 0.429 e. The van der Waals surface area contributed by atoms with E-state index in [2.05, 4.69) is 9.99 Å². The van der Waals surface area contributed by atoms with Gasteiger partial charge in [0.15, 0.2) is 0 Å². The van der Waals surface area contributed by atoms with Gasteiger partial charge in [-0.3, -0.25) is 0 Å². The Kier molecular flexibility index (Phi) is 2.30. The van der Waals surface area contributed by atoms with Crippen molar-refractivity contribution in [3.8, 4) is 0 Å². The van der Waals surface area contributed by atoms with Crippen LogP contribution in [0.15, 0.2) is 5.16 Å². The minimum absolute atomic E-state index is 0.134. The van der Waals surface area contributed by atoms with E-state index in [1.807, 2.05) is 13.8 Å². The molecule has 1 aliphatic rings. The van der Waals surface area contributed by atoms with Gasteiger partial charge in [0.2, 0.25) is 0 Å². The fourth-order valence-corrected chi connectivity index (χ4v) is 0.970. The molecule has 0 aromatic carbocycles. The summed E-state index contributed by atoms with van der Waals surface area (Å²) in [4.78, 5) is 4.60. The van der Waals surface area contributed by atoms with Gasteiger partial charge in [0.25, 0.3) is 0 Å². The summed E-state index contributed by atoms with van der Waals surface area (Å²) < 4.78 is 34.5. The Hall–Kier alpha value is -0.740. The average molecular weight is 181 g/mol. The van der Waals surface area contributed by atoms with Crippen LogP contribution in [0.1, 0.15) is 13.8 Å². The Balaban J connectivity index is 2.23. The van der Waals surface area contributed by atoms with Crippen LogP contribution in [0.3, 0.4) is 0 Å². The van der Waals surface area contributed by atoms with Crippen LogP contribution >= 0.6 is 0 Å². The van der Waals surface area contributed by atoms with E-state index in [0.717, 1.165) is 0 Å². The molecule has 0 aromatic heterocycles. The van der Waals surface area contributed by atoms with Crippen molar-refractivity contribution in [3.63, 3.8) is 0 Å². The molecule has 1 aliphatic carbocycles. The van der Waals surface area contributed by atoms with Gasteiger partial charge in [-0.05, 0) is 0 Å². The molecule has 2 unspecified atom stereocenters. The molecule has 5 heteroatoms. The molecule has 0 aliphatic heterocycles. The van der Waals surface area contributed by atoms with Crippen molar-refractivity contribution < 1.29 is 18.0 Å². The molecule has 0 heterocycles. The van der Waals surface area contributed by atoms with E-state index in [9.17, 15) is 13.2 Å². The molecule has 70 valence electrons. The van der Waals surface area contributed by atoms with Gasteiger partial charge in [0.1, 0.15) is 12.3 Å². The first-order chi connectivity index (χ1) is 5.42. The van der Waals surface area contributed by atoms with Gasteiger partial charge in [0.05, 0.1) is 0 Å². The molecule has 2 atom stereocenters. The zero-order valence-corrected chi connectivity index (χ0v) is 6.80. The van der Waals surface area contributed by atoms with E-state index in [-0.39, 0.29) is 12.3 Å². The number of rotatable bonds is 2. The summed E-state index contributed by atoms with van der Waals surface area (Å²) in [6, 6.07) is 0. The standard InChI is InChI=1S/C7H10F3NO/c1-4-5(2)6(4)12-11-3-7(8,9)10/h3-6H,1-2H3/b11-3+. The van der Waals surface area contributed by atoms with E-state index < -0.39 is 6.18 Å². The zero-order chi connectivity index (χ0) is 9.35. The molecule has 0 amide bonds. The smallest absolute Gasteiger partial charge is 0.392 e. The van der Waals surface area contributed by atoms with Gasteiger partial charge in [-0.1, -0.05) is 19.0 Å². The van der Waals surface area contributed by atoms with E-state index in [0.29, 0.717) is 11.8 Å². The first-order valence-corrected chi connectivity index (χ1v) is 3.69. The predicted molar refractivity (Wildman–Crippen MR) is 37.7 cm³/mol. The maximum absolute atomic E-state index is 11.5. The lowest BCUT2D eigenvalue weighted by molar-refractivity contribution is -0.0571. The van der Waals surface area contributed by atoms with Crippen molar-refractivity contribution in [1.29, 1.82) is 0 Å². The first kappa shape index (κ1) is 9.35. The fourth-order valence-electron chi connectivity index (χ4n) is 0.970. The topological polar surface area (TPSA) is 21.6 Å². The molecule has 0 radical (unpaired) electrons. The van der Waals surface area contributed by atoms with Gasteiger partial charge >= 0.3 is 6.18 Å². The monoisotopic (exact) mass is 181 g/mol. The Labute approximate surface area is 68.4 Å². The van der Waals surface area contributed by atoms with Crippen molar-refractivity contribution >= 4 is 6.21 Å². The van der Waals surface area contributed by atoms with Gasteiger partial charge in [-0.25, -0.2) is 0 Å². The highest BCUT2D eigenvalue weighted by atomic mass is 19.4. The zero-order valence-electron chi connectivity index (χ0n) is 6.80. The van der Waals surface area contributed by atoms with Crippen molar-refractivity contribution in [1.82, 2.24) is 0 Å². The number of hydrogen-bond donors (Lipinski definition) is 0. The molecule has 0 saturated heterocycles. The Morgan fingerprint density at radius 3 is 2.08 bits per heavy atom. The molecule has 1 fully saturated rings. The lowest BCUT2D eigenvalue weighted by Gasteiger charge is -1.97. The number of halogens is 3. The molecule has 0 N–H and O–H groups in total. The highest BCUT2D eigenvalue weighted by Crippen LogP contribution is 2.40. The molecule has 1 rings (SSSR count). The maximum atomic E-state index is 11.5. The largest absolute Gasteiger partial charge is 0.429 e. The lowest BCUT2D eigenvalue weighted by Crippen LogP contribution is -2.09. The summed E-state index contributed by atoms with van der Waals surface area (Å²) in [7, 11) is 0. The van der Waals surface area contributed by atoms with Gasteiger partial charge in [0, 0.05) is 11.8 Å². The Bertz CT molecular complexity index is 182. The molecule has 0 spiro atoms. The van der Waals surface area contributed by atoms with Crippen molar-refractivity contribution in [2.45, 2.75) is 26.1 Å². The van der Waals surface area contributed by atoms with Crippen molar-refractivity contribution in [2.75, 3.05) is 0 Å². The summed E-state index contributed by atoms with van der Waals surface area (Å²) in [5.41, 5.74) is 0. The molecular formula is C7H10F3NO. The van der Waals surface area contributed by atoms with Crippen molar-refractivity contribution in [2.24, 2.45) is 17.0 Å². The van der Waals surface area contributed by atoms with E-state index in [4.69, 9.17) is 0 Å². The first-order valence-electron chi connectivity index (χ1n) is 3.69. The van der Waals surface area contributed by atoms with Crippen LogP contribution < -0.4 is 0 Å². The molecule has 2 nitrogen and oxygen atoms in total. The normalized spacial score (nSPS) is 35.6. The third kappa shape index (κ3) is 2.39. The van der Waals surface area contributed by atoms with Gasteiger partial charge < -0.3 is 4.84 Å². The number of alkyl halides is 3. The van der Waals surface area contributed by atoms with Crippen LogP contribution in [0.4, 0.5) is 13.2 Å². The van der Waals surface area contributed by atoms with Crippen LogP contribution in [-0.4, -0.2) is 18.5 Å². The molecule has 1 saturated carbocycles. The summed E-state index contributed by atoms with van der Waals surface area (Å²) in [6.45, 7) is 3.83. The quantitative estimate of drug-likeness (QED) is 0.472. The van der Waals surface area contributed by atoms with Crippen LogP contribution in [0.2, 0.25) is 0 Å². The average Bonchev–Trinajstić information content (AvgIpc) is 2.42. The third-order valence-electron chi connectivity index (χ3n) is 2.11. The van der Waals surface area contributed by atoms with E-state index in [1.54, 1.807) is 0 Å². The predicted octanol–water partition coefficient (Wildman–Crippen LogP) is 2.21. The SMILES string of the molecule is CC1C(C)C1O/N=C/C(F)(F)F. The van der Waals surface area contributed by atoms with E-state index >= 15 is 0 Å². The minimum atomic E-state index is -4.37. The van der Waals surface area contributed by atoms with Gasteiger partial charge in [-0.15, -0.1) is 0 Å². The molecule has 0 bridgehead atoms. The number of oxime groups is 1. The second kappa shape index (κ2) is 2.95. The Morgan fingerprint density at radius 1 is 1.25 bits per heavy atom. The van der Waals surface area contributed by atoms with Crippen LogP contribution in [-0.2, 0) is 4.84 Å². The molecular weight excluding hydrogens is 171 g/mol. The summed E-state index contributed by atoms with van der Waals surface area (Å²) in [5, 5.41) is 2.86. The van der Waals surface area contributed by atoms with Gasteiger partial charge in [-0.2, -0.15) is 13.2 Å². The minimum Gasteiger partial charge on any atom is -0.392 e. The summed E-state index contributed by atoms with van der Waals surface area (Å²) >= 11 is 0. The van der Waals surface area contributed by atoms with Crippen LogP contribution in [0.25, 0.3) is 0 Å². The summed E-state index contributed by atoms with van der Waals surface area (Å²) in [5.74, 6) is 0.630. The summed E-state index contributed by atoms with van der Waals surface area (Å²) in [6.07, 6.45) is -4.64. The highest BCUT2D eigenvalue weighted by molar-refractivity contribution is 5.63. The van der Waals surface area contributed by atoms with Crippen molar-refractivity contribution in [3.05, 3.63) is 0 Å². The second-order valence-corrected chi connectivity index (χ2v) is 3.06. The van der Waals surface area contributed by atoms with Crippen LogP contribution in [0.5, 0.6) is 0 Å². The second-order valence-electron chi connectivity index (χ2n) is 3.06. The number of nitrogens with zero attached hydrogens (tertiary/aromatic N) is 1. The Morgan fingerprint density at radius 2 is 1.75 bits per heavy atom.